The van der Waals surface area contributed by atoms with E-state index in [-0.39, 0.29) is 17.8 Å². The quantitative estimate of drug-likeness (QED) is 0.549. The van der Waals surface area contributed by atoms with Gasteiger partial charge in [-0.05, 0) is 29.9 Å². The molecule has 2 aromatic heterocycles. The fourth-order valence-corrected chi connectivity index (χ4v) is 4.07. The minimum atomic E-state index is -0.195. The van der Waals surface area contributed by atoms with Crippen LogP contribution in [0.5, 0.6) is 0 Å². The third kappa shape index (κ3) is 5.69. The third-order valence-electron chi connectivity index (χ3n) is 5.75. The van der Waals surface area contributed by atoms with Crippen molar-refractivity contribution >= 4 is 5.97 Å². The van der Waals surface area contributed by atoms with Crippen molar-refractivity contribution < 1.29 is 9.53 Å². The molecule has 7 heteroatoms. The number of carbonyl (C=O) groups is 1. The van der Waals surface area contributed by atoms with E-state index in [4.69, 9.17) is 4.74 Å². The van der Waals surface area contributed by atoms with Crippen LogP contribution in [0.25, 0.3) is 5.69 Å². The fraction of sp³-hybridized carbons (Fsp3) is 0.417. The molecule has 0 spiro atoms. The largest absolute Gasteiger partial charge is 0.465 e. The van der Waals surface area contributed by atoms with E-state index in [1.807, 2.05) is 37.5 Å². The molecule has 1 fully saturated rings. The number of esters is 1. The lowest BCUT2D eigenvalue weighted by molar-refractivity contribution is -0.144. The highest BCUT2D eigenvalue weighted by Gasteiger charge is 2.16. The van der Waals surface area contributed by atoms with Crippen LogP contribution in [-0.4, -0.2) is 32.1 Å². The van der Waals surface area contributed by atoms with Crippen molar-refractivity contribution in [2.24, 2.45) is 13.0 Å². The van der Waals surface area contributed by atoms with Gasteiger partial charge in [-0.1, -0.05) is 43.5 Å². The molecule has 4 rings (SSSR count). The first-order valence-electron chi connectivity index (χ1n) is 10.9. The molecule has 1 aromatic carbocycles. The highest BCUT2D eigenvalue weighted by Crippen LogP contribution is 2.23. The Bertz CT molecular complexity index is 1100. The number of aromatic nitrogens is 4. The van der Waals surface area contributed by atoms with Crippen molar-refractivity contribution in [3.8, 4) is 5.69 Å². The average Bonchev–Trinajstić information content (AvgIpc) is 3.21. The number of rotatable bonds is 7. The number of ether oxygens (including phenoxy) is 1. The van der Waals surface area contributed by atoms with Crippen LogP contribution in [0.3, 0.4) is 0 Å². The van der Waals surface area contributed by atoms with Crippen LogP contribution in [0.15, 0.2) is 53.7 Å². The summed E-state index contributed by atoms with van der Waals surface area (Å²) in [7, 11) is 1.83. The van der Waals surface area contributed by atoms with Crippen LogP contribution >= 0.6 is 0 Å². The summed E-state index contributed by atoms with van der Waals surface area (Å²) in [5.41, 5.74) is 2.94. The molecule has 0 atom stereocenters. The molecule has 0 saturated heterocycles. The predicted molar refractivity (Wildman–Crippen MR) is 117 cm³/mol. The van der Waals surface area contributed by atoms with E-state index in [2.05, 4.69) is 10.2 Å². The molecule has 1 saturated carbocycles. The minimum absolute atomic E-state index is 0.113. The number of aryl methyl sites for hydroxylation is 1. The molecule has 2 heterocycles. The predicted octanol–water partition coefficient (Wildman–Crippen LogP) is 3.22. The molecule has 0 radical (unpaired) electrons. The molecule has 0 amide bonds. The lowest BCUT2D eigenvalue weighted by Crippen LogP contribution is -2.18. The number of hydrogen-bond acceptors (Lipinski definition) is 5. The Morgan fingerprint density at radius 1 is 1.16 bits per heavy atom. The number of benzene rings is 1. The summed E-state index contributed by atoms with van der Waals surface area (Å²) in [4.78, 5) is 24.6. The van der Waals surface area contributed by atoms with Crippen molar-refractivity contribution in [1.82, 2.24) is 19.6 Å². The number of hydrogen-bond donors (Lipinski definition) is 0. The van der Waals surface area contributed by atoms with Crippen LogP contribution in [0, 0.1) is 5.92 Å². The van der Waals surface area contributed by atoms with E-state index in [0.717, 1.165) is 29.7 Å². The van der Waals surface area contributed by atoms with Crippen LogP contribution < -0.4 is 5.43 Å². The summed E-state index contributed by atoms with van der Waals surface area (Å²) in [5.74, 6) is 0.315. The monoisotopic (exact) mass is 420 g/mol. The SMILES string of the molecule is Cn1cc(-n2ccc(=O)c(Cc3cccc(CC(=O)OCC4CCCCC4)c3)n2)cn1. The Labute approximate surface area is 181 Å². The first kappa shape index (κ1) is 21.0. The maximum atomic E-state index is 12.3. The Hall–Kier alpha value is -3.22. The van der Waals surface area contributed by atoms with Crippen LogP contribution in [0.2, 0.25) is 0 Å². The smallest absolute Gasteiger partial charge is 0.310 e. The lowest BCUT2D eigenvalue weighted by Gasteiger charge is -2.21. The van der Waals surface area contributed by atoms with Gasteiger partial charge in [0.05, 0.1) is 25.4 Å². The van der Waals surface area contributed by atoms with E-state index in [9.17, 15) is 9.59 Å². The third-order valence-corrected chi connectivity index (χ3v) is 5.75. The lowest BCUT2D eigenvalue weighted by atomic mass is 9.90. The first-order chi connectivity index (χ1) is 15.1. The summed E-state index contributed by atoms with van der Waals surface area (Å²) < 4.78 is 8.85. The Kier molecular flexibility index (Phi) is 6.60. The Balaban J connectivity index is 1.40. The van der Waals surface area contributed by atoms with E-state index in [1.54, 1.807) is 21.8 Å². The second-order valence-electron chi connectivity index (χ2n) is 8.30. The van der Waals surface area contributed by atoms with Gasteiger partial charge in [-0.3, -0.25) is 14.3 Å². The van der Waals surface area contributed by atoms with Gasteiger partial charge in [-0.25, -0.2) is 4.68 Å². The summed E-state index contributed by atoms with van der Waals surface area (Å²) in [5, 5.41) is 8.63. The summed E-state index contributed by atoms with van der Waals surface area (Å²) in [6, 6.07) is 9.23. The van der Waals surface area contributed by atoms with Gasteiger partial charge in [-0.2, -0.15) is 10.2 Å². The van der Waals surface area contributed by atoms with Crippen LogP contribution in [-0.2, 0) is 29.4 Å². The minimum Gasteiger partial charge on any atom is -0.465 e. The second-order valence-corrected chi connectivity index (χ2v) is 8.30. The van der Waals surface area contributed by atoms with E-state index in [0.29, 0.717) is 24.6 Å². The van der Waals surface area contributed by atoms with Gasteiger partial charge in [0.25, 0.3) is 0 Å². The van der Waals surface area contributed by atoms with E-state index >= 15 is 0 Å². The van der Waals surface area contributed by atoms with Gasteiger partial charge in [0.2, 0.25) is 5.43 Å². The van der Waals surface area contributed by atoms with Crippen LogP contribution in [0.4, 0.5) is 0 Å². The molecule has 31 heavy (non-hydrogen) atoms. The maximum Gasteiger partial charge on any atom is 0.310 e. The molecule has 1 aliphatic carbocycles. The summed E-state index contributed by atoms with van der Waals surface area (Å²) in [6.45, 7) is 0.528. The van der Waals surface area contributed by atoms with Crippen molar-refractivity contribution in [2.75, 3.05) is 6.61 Å². The zero-order valence-electron chi connectivity index (χ0n) is 17.9. The second kappa shape index (κ2) is 9.73. The van der Waals surface area contributed by atoms with Crippen molar-refractivity contribution in [2.45, 2.75) is 44.9 Å². The molecule has 3 aromatic rings. The van der Waals surface area contributed by atoms with Crippen LogP contribution in [0.1, 0.15) is 48.9 Å². The Morgan fingerprint density at radius 3 is 2.74 bits per heavy atom. The van der Waals surface area contributed by atoms with Crippen molar-refractivity contribution in [1.29, 1.82) is 0 Å². The highest BCUT2D eigenvalue weighted by molar-refractivity contribution is 5.72. The molecule has 0 bridgehead atoms. The standard InChI is InChI=1S/C24H28N4O3/c1-27-16-21(15-25-27)28-11-10-23(29)22(26-28)13-19-8-5-9-20(12-19)14-24(30)31-17-18-6-3-2-4-7-18/h5,8-12,15-16,18H,2-4,6-7,13-14,17H2,1H3. The zero-order valence-corrected chi connectivity index (χ0v) is 17.9. The number of nitrogens with zero attached hydrogens (tertiary/aromatic N) is 4. The molecule has 0 aliphatic heterocycles. The van der Waals surface area contributed by atoms with Crippen molar-refractivity contribution in [3.05, 3.63) is 76.0 Å². The maximum absolute atomic E-state index is 12.3. The number of carbonyl (C=O) groups excluding carboxylic acids is 1. The molecular formula is C24H28N4O3. The van der Waals surface area contributed by atoms with Gasteiger partial charge >= 0.3 is 5.97 Å². The van der Waals surface area contributed by atoms with Gasteiger partial charge < -0.3 is 4.74 Å². The summed E-state index contributed by atoms with van der Waals surface area (Å²) in [6.07, 6.45) is 11.9. The molecule has 0 unspecified atom stereocenters. The van der Waals surface area contributed by atoms with Gasteiger partial charge in [-0.15, -0.1) is 0 Å². The van der Waals surface area contributed by atoms with E-state index < -0.39 is 0 Å². The first-order valence-corrected chi connectivity index (χ1v) is 10.9. The summed E-state index contributed by atoms with van der Waals surface area (Å²) >= 11 is 0. The normalized spacial score (nSPS) is 14.5. The van der Waals surface area contributed by atoms with Crippen molar-refractivity contribution in [3.63, 3.8) is 0 Å². The molecule has 0 N–H and O–H groups in total. The van der Waals surface area contributed by atoms with Gasteiger partial charge in [0.15, 0.2) is 0 Å². The topological polar surface area (TPSA) is 79.0 Å². The molecule has 1 aliphatic rings. The average molecular weight is 421 g/mol. The van der Waals surface area contributed by atoms with Gasteiger partial charge in [0, 0.05) is 25.7 Å². The zero-order chi connectivity index (χ0) is 21.6. The molecule has 162 valence electrons. The Morgan fingerprint density at radius 2 is 1.97 bits per heavy atom. The molecule has 7 nitrogen and oxygen atoms in total. The fourth-order valence-electron chi connectivity index (χ4n) is 4.07. The van der Waals surface area contributed by atoms with Gasteiger partial charge in [0.1, 0.15) is 11.4 Å². The highest BCUT2D eigenvalue weighted by atomic mass is 16.5. The molecular weight excluding hydrogens is 392 g/mol. The van der Waals surface area contributed by atoms with E-state index in [1.165, 1.54) is 25.3 Å².